The molecule has 0 aliphatic carbocycles. The lowest BCUT2D eigenvalue weighted by atomic mass is 9.99. The van der Waals surface area contributed by atoms with Crippen molar-refractivity contribution in [1.82, 2.24) is 9.80 Å². The third-order valence-corrected chi connectivity index (χ3v) is 6.58. The summed E-state index contributed by atoms with van der Waals surface area (Å²) in [6, 6.07) is 6.53. The van der Waals surface area contributed by atoms with Gasteiger partial charge in [-0.25, -0.2) is 9.18 Å². The molecule has 1 saturated heterocycles. The average Bonchev–Trinajstić information content (AvgIpc) is 2.70. The molecule has 0 amide bonds. The molecule has 2 atom stereocenters. The Labute approximate surface area is 182 Å². The Kier molecular flexibility index (Phi) is 7.97. The number of benzene rings is 1. The third kappa shape index (κ3) is 5.45. The van der Waals surface area contributed by atoms with Crippen LogP contribution in [0.4, 0.5) is 4.39 Å². The van der Waals surface area contributed by atoms with Gasteiger partial charge in [-0.3, -0.25) is 4.90 Å². The van der Waals surface area contributed by atoms with Crippen LogP contribution in [0.5, 0.6) is 0 Å². The predicted molar refractivity (Wildman–Crippen MR) is 118 cm³/mol. The van der Waals surface area contributed by atoms with Crippen molar-refractivity contribution in [2.24, 2.45) is 5.92 Å². The second-order valence-corrected chi connectivity index (χ2v) is 9.21. The third-order valence-electron chi connectivity index (χ3n) is 5.58. The Morgan fingerprint density at radius 1 is 1.43 bits per heavy atom. The van der Waals surface area contributed by atoms with Gasteiger partial charge in [0.1, 0.15) is 12.0 Å². The molecule has 5 nitrogen and oxygen atoms in total. The number of carboxylic acids is 1. The van der Waals surface area contributed by atoms with Crippen molar-refractivity contribution in [3.8, 4) is 0 Å². The normalized spacial score (nSPS) is 22.4. The monoisotopic (exact) mass is 434 g/mol. The maximum absolute atomic E-state index is 13.8. The fourth-order valence-corrected chi connectivity index (χ4v) is 5.21. The largest absolute Gasteiger partial charge is 0.478 e. The SMILES string of the molecule is CCSC1=C(C(=O)O)C(C)=CC(N(C)CC2CCCOC2)N1Cc1cccc(F)c1. The summed E-state index contributed by atoms with van der Waals surface area (Å²) in [4.78, 5) is 16.4. The summed E-state index contributed by atoms with van der Waals surface area (Å²) >= 11 is 1.53. The van der Waals surface area contributed by atoms with Gasteiger partial charge in [0, 0.05) is 19.7 Å². The average molecular weight is 435 g/mol. The summed E-state index contributed by atoms with van der Waals surface area (Å²) in [7, 11) is 2.07. The van der Waals surface area contributed by atoms with Crippen LogP contribution >= 0.6 is 11.8 Å². The first-order valence-corrected chi connectivity index (χ1v) is 11.5. The fraction of sp³-hybridized carbons (Fsp3) is 0.522. The highest BCUT2D eigenvalue weighted by molar-refractivity contribution is 8.03. The molecule has 2 aliphatic rings. The molecule has 1 aromatic rings. The standard InChI is InChI=1S/C23H31FN2O3S/c1-4-30-22-21(23(27)28)16(2)11-20(25(3)13-18-8-6-10-29-15-18)26(22)14-17-7-5-9-19(24)12-17/h5,7,9,11-12,18,20H,4,6,8,10,13-15H2,1-3H3,(H,27,28). The van der Waals surface area contributed by atoms with Gasteiger partial charge in [-0.1, -0.05) is 19.1 Å². The molecule has 1 fully saturated rings. The van der Waals surface area contributed by atoms with Crippen molar-refractivity contribution >= 4 is 17.7 Å². The van der Waals surface area contributed by atoms with E-state index in [0.717, 1.165) is 54.5 Å². The van der Waals surface area contributed by atoms with E-state index in [4.69, 9.17) is 4.74 Å². The van der Waals surface area contributed by atoms with Gasteiger partial charge < -0.3 is 14.7 Å². The summed E-state index contributed by atoms with van der Waals surface area (Å²) in [5, 5.41) is 10.6. The zero-order chi connectivity index (χ0) is 21.7. The Bertz CT molecular complexity index is 820. The number of carbonyl (C=O) groups is 1. The van der Waals surface area contributed by atoms with E-state index >= 15 is 0 Å². The van der Waals surface area contributed by atoms with Gasteiger partial charge in [0.15, 0.2) is 0 Å². The molecule has 0 aromatic heterocycles. The van der Waals surface area contributed by atoms with Crippen LogP contribution in [0.1, 0.15) is 32.3 Å². The number of halogens is 1. The van der Waals surface area contributed by atoms with E-state index in [1.807, 2.05) is 26.0 Å². The van der Waals surface area contributed by atoms with Crippen molar-refractivity contribution in [1.29, 1.82) is 0 Å². The Morgan fingerprint density at radius 2 is 2.23 bits per heavy atom. The van der Waals surface area contributed by atoms with Gasteiger partial charge in [0.05, 0.1) is 17.2 Å². The lowest BCUT2D eigenvalue weighted by Gasteiger charge is -2.43. The summed E-state index contributed by atoms with van der Waals surface area (Å²) < 4.78 is 19.5. The summed E-state index contributed by atoms with van der Waals surface area (Å²) in [5.74, 6) is 0.00493. The van der Waals surface area contributed by atoms with Gasteiger partial charge >= 0.3 is 5.97 Å². The maximum atomic E-state index is 13.8. The first kappa shape index (κ1) is 22.8. The lowest BCUT2D eigenvalue weighted by Crippen LogP contribution is -2.48. The minimum absolute atomic E-state index is 0.104. The first-order chi connectivity index (χ1) is 14.4. The number of likely N-dealkylation sites (N-methyl/N-ethyl adjacent to an activating group) is 1. The number of thioether (sulfide) groups is 1. The van der Waals surface area contributed by atoms with Crippen LogP contribution < -0.4 is 0 Å². The minimum atomic E-state index is -0.925. The Balaban J connectivity index is 1.94. The van der Waals surface area contributed by atoms with Crippen LogP contribution in [-0.4, -0.2) is 59.6 Å². The van der Waals surface area contributed by atoms with Gasteiger partial charge in [0.2, 0.25) is 0 Å². The van der Waals surface area contributed by atoms with Crippen molar-refractivity contribution in [3.63, 3.8) is 0 Å². The van der Waals surface area contributed by atoms with Gasteiger partial charge in [-0.2, -0.15) is 0 Å². The minimum Gasteiger partial charge on any atom is -0.478 e. The van der Waals surface area contributed by atoms with Crippen LogP contribution in [0.15, 0.2) is 46.5 Å². The smallest absolute Gasteiger partial charge is 0.338 e. The lowest BCUT2D eigenvalue weighted by molar-refractivity contribution is -0.132. The van der Waals surface area contributed by atoms with Crippen LogP contribution in [0.25, 0.3) is 0 Å². The van der Waals surface area contributed by atoms with Crippen molar-refractivity contribution in [3.05, 3.63) is 57.9 Å². The Morgan fingerprint density at radius 3 is 2.87 bits per heavy atom. The molecule has 1 N–H and O–H groups in total. The van der Waals surface area contributed by atoms with Crippen LogP contribution in [0.3, 0.4) is 0 Å². The Hall–Kier alpha value is -1.83. The summed E-state index contributed by atoms with van der Waals surface area (Å²) in [6.07, 6.45) is 4.13. The van der Waals surface area contributed by atoms with Crippen molar-refractivity contribution in [2.45, 2.75) is 39.4 Å². The quantitative estimate of drug-likeness (QED) is 0.658. The molecule has 1 aromatic carbocycles. The molecule has 2 unspecified atom stereocenters. The number of carboxylic acid groups (broad SMARTS) is 1. The number of hydrogen-bond donors (Lipinski definition) is 1. The maximum Gasteiger partial charge on any atom is 0.338 e. The number of ether oxygens (including phenoxy) is 1. The zero-order valence-electron chi connectivity index (χ0n) is 17.9. The zero-order valence-corrected chi connectivity index (χ0v) is 18.8. The number of aliphatic carboxylic acids is 1. The molecule has 7 heteroatoms. The molecule has 30 heavy (non-hydrogen) atoms. The number of rotatable bonds is 8. The van der Waals surface area contributed by atoms with E-state index in [2.05, 4.69) is 16.8 Å². The number of nitrogens with zero attached hydrogens (tertiary/aromatic N) is 2. The molecule has 3 rings (SSSR count). The number of hydrogen-bond acceptors (Lipinski definition) is 5. The van der Waals surface area contributed by atoms with Crippen LogP contribution in [-0.2, 0) is 16.1 Å². The van der Waals surface area contributed by atoms with E-state index in [-0.39, 0.29) is 12.0 Å². The fourth-order valence-electron chi connectivity index (χ4n) is 4.21. The van der Waals surface area contributed by atoms with Crippen LogP contribution in [0, 0.1) is 11.7 Å². The predicted octanol–water partition coefficient (Wildman–Crippen LogP) is 4.32. The van der Waals surface area contributed by atoms with Crippen molar-refractivity contribution in [2.75, 3.05) is 32.6 Å². The van der Waals surface area contributed by atoms with Gasteiger partial charge in [-0.15, -0.1) is 11.8 Å². The summed E-state index contributed by atoms with van der Waals surface area (Å²) in [6.45, 7) is 6.77. The molecule has 0 spiro atoms. The molecular formula is C23H31FN2O3S. The molecule has 2 heterocycles. The molecule has 0 saturated carbocycles. The van der Waals surface area contributed by atoms with E-state index in [0.29, 0.717) is 18.0 Å². The molecule has 0 bridgehead atoms. The van der Waals surface area contributed by atoms with E-state index in [1.54, 1.807) is 6.07 Å². The van der Waals surface area contributed by atoms with E-state index in [9.17, 15) is 14.3 Å². The summed E-state index contributed by atoms with van der Waals surface area (Å²) in [5.41, 5.74) is 1.93. The van der Waals surface area contributed by atoms with Crippen molar-refractivity contribution < 1.29 is 19.0 Å². The molecule has 0 radical (unpaired) electrons. The highest BCUT2D eigenvalue weighted by Crippen LogP contribution is 2.37. The van der Waals surface area contributed by atoms with Crippen LogP contribution in [0.2, 0.25) is 0 Å². The molecule has 164 valence electrons. The van der Waals surface area contributed by atoms with Gasteiger partial charge in [-0.05, 0) is 67.8 Å². The highest BCUT2D eigenvalue weighted by Gasteiger charge is 2.34. The van der Waals surface area contributed by atoms with E-state index in [1.165, 1.54) is 23.9 Å². The topological polar surface area (TPSA) is 53.0 Å². The highest BCUT2D eigenvalue weighted by atomic mass is 32.2. The second kappa shape index (κ2) is 10.5. The first-order valence-electron chi connectivity index (χ1n) is 10.5. The van der Waals surface area contributed by atoms with E-state index < -0.39 is 5.97 Å². The van der Waals surface area contributed by atoms with Gasteiger partial charge in [0.25, 0.3) is 0 Å². The molecular weight excluding hydrogens is 403 g/mol. The molecule has 2 aliphatic heterocycles. The second-order valence-electron chi connectivity index (χ2n) is 7.96.